The lowest BCUT2D eigenvalue weighted by atomic mass is 10.1. The molecule has 0 saturated heterocycles. The zero-order valence-corrected chi connectivity index (χ0v) is 32.1. The number of ether oxygens (including phenoxy) is 2. The van der Waals surface area contributed by atoms with Crippen LogP contribution in [0.3, 0.4) is 0 Å². The van der Waals surface area contributed by atoms with Crippen molar-refractivity contribution in [3.05, 3.63) is 24.3 Å². The second-order valence-electron chi connectivity index (χ2n) is 13.1. The molecule has 12 heteroatoms. The van der Waals surface area contributed by atoms with E-state index >= 15 is 0 Å². The molecule has 0 aromatic carbocycles. The third-order valence-electron chi connectivity index (χ3n) is 8.20. The molecule has 4 N–H and O–H groups in total. The summed E-state index contributed by atoms with van der Waals surface area (Å²) in [4.78, 5) is 45.7. The second-order valence-corrected chi connectivity index (χ2v) is 14.5. The summed E-state index contributed by atoms with van der Waals surface area (Å²) in [5, 5.41) is 8.85. The van der Waals surface area contributed by atoms with Crippen LogP contribution >= 0.6 is 7.82 Å². The third-order valence-corrected chi connectivity index (χ3v) is 9.15. The molecule has 292 valence electrons. The van der Waals surface area contributed by atoms with Crippen LogP contribution in [0.25, 0.3) is 0 Å². The summed E-state index contributed by atoms with van der Waals surface area (Å²) in [6.45, 7) is 2.74. The van der Waals surface area contributed by atoms with Crippen LogP contribution in [0.15, 0.2) is 24.3 Å². The number of nitrogens with two attached hydrogens (primary N) is 1. The van der Waals surface area contributed by atoms with Gasteiger partial charge in [-0.2, -0.15) is 0 Å². The van der Waals surface area contributed by atoms with Gasteiger partial charge in [-0.05, 0) is 44.9 Å². The molecule has 3 unspecified atom stereocenters. The smallest absolute Gasteiger partial charge is 0.472 e. The molecule has 0 saturated carbocycles. The van der Waals surface area contributed by atoms with Gasteiger partial charge < -0.3 is 25.2 Å². The van der Waals surface area contributed by atoms with Gasteiger partial charge in [-0.25, -0.2) is 4.57 Å². The zero-order chi connectivity index (χ0) is 37.1. The first kappa shape index (κ1) is 48.0. The number of hydrogen-bond acceptors (Lipinski definition) is 9. The molecule has 50 heavy (non-hydrogen) atoms. The van der Waals surface area contributed by atoms with Crippen molar-refractivity contribution >= 4 is 25.7 Å². The molecule has 3 atom stereocenters. The van der Waals surface area contributed by atoms with Gasteiger partial charge in [-0.3, -0.25) is 23.4 Å². The minimum absolute atomic E-state index is 0.161. The predicted molar refractivity (Wildman–Crippen MR) is 199 cm³/mol. The van der Waals surface area contributed by atoms with Gasteiger partial charge in [0.15, 0.2) is 6.10 Å². The number of carbonyl (C=O) groups is 3. The van der Waals surface area contributed by atoms with Crippen LogP contribution in [0.2, 0.25) is 0 Å². The Hall–Kier alpha value is -2.04. The van der Waals surface area contributed by atoms with E-state index < -0.39 is 51.1 Å². The Labute approximate surface area is 302 Å². The van der Waals surface area contributed by atoms with Gasteiger partial charge >= 0.3 is 25.7 Å². The number of phosphoric ester groups is 1. The summed E-state index contributed by atoms with van der Waals surface area (Å²) in [5.74, 6) is -2.39. The molecule has 0 aliphatic carbocycles. The van der Waals surface area contributed by atoms with Crippen molar-refractivity contribution in [3.63, 3.8) is 0 Å². The lowest BCUT2D eigenvalue weighted by Crippen LogP contribution is -2.34. The standard InChI is InChI=1S/C38H70NO10P/c1-3-5-7-9-11-13-15-16-17-18-20-21-23-25-27-29-36(40)46-31-34(32-47-50(44,45)48-33-35(39)38(42)43)49-37(41)30-28-26-24-22-19-14-12-10-8-6-4-2/h11,13,16-17,34-35H,3-10,12,14-15,18-33,39H2,1-2H3,(H,42,43)(H,44,45). The second kappa shape index (κ2) is 34.1. The van der Waals surface area contributed by atoms with Crippen molar-refractivity contribution in [2.75, 3.05) is 19.8 Å². The van der Waals surface area contributed by atoms with Crippen LogP contribution < -0.4 is 5.73 Å². The first-order chi connectivity index (χ1) is 24.1. The number of carbonyl (C=O) groups excluding carboxylic acids is 2. The lowest BCUT2D eigenvalue weighted by molar-refractivity contribution is -0.161. The Bertz CT molecular complexity index is 958. The highest BCUT2D eigenvalue weighted by Crippen LogP contribution is 2.43. The van der Waals surface area contributed by atoms with E-state index in [1.807, 2.05) is 0 Å². The molecular formula is C38H70NO10P. The number of hydrogen-bond donors (Lipinski definition) is 3. The number of aliphatic carboxylic acids is 1. The molecule has 0 rings (SSSR count). The first-order valence-corrected chi connectivity index (χ1v) is 20.9. The quantitative estimate of drug-likeness (QED) is 0.0242. The van der Waals surface area contributed by atoms with Crippen molar-refractivity contribution in [3.8, 4) is 0 Å². The van der Waals surface area contributed by atoms with E-state index in [2.05, 4.69) is 42.7 Å². The normalized spacial score (nSPS) is 14.2. The highest BCUT2D eigenvalue weighted by molar-refractivity contribution is 7.47. The Balaban J connectivity index is 4.44. The molecule has 11 nitrogen and oxygen atoms in total. The number of esters is 2. The summed E-state index contributed by atoms with van der Waals surface area (Å²) in [7, 11) is -4.71. The molecule has 0 amide bonds. The van der Waals surface area contributed by atoms with Crippen molar-refractivity contribution in [1.82, 2.24) is 0 Å². The molecule has 0 aromatic heterocycles. The van der Waals surface area contributed by atoms with Crippen LogP contribution in [-0.2, 0) is 37.5 Å². The van der Waals surface area contributed by atoms with Gasteiger partial charge in [0.2, 0.25) is 0 Å². The van der Waals surface area contributed by atoms with E-state index in [0.717, 1.165) is 64.2 Å². The van der Waals surface area contributed by atoms with Crippen molar-refractivity contribution < 1.29 is 47.5 Å². The van der Waals surface area contributed by atoms with Crippen LogP contribution in [-0.4, -0.2) is 59.9 Å². The molecule has 0 aliphatic rings. The summed E-state index contributed by atoms with van der Waals surface area (Å²) < 4.78 is 32.5. The number of carboxylic acid groups (broad SMARTS) is 1. The Morgan fingerprint density at radius 2 is 1.06 bits per heavy atom. The largest absolute Gasteiger partial charge is 0.480 e. The maximum Gasteiger partial charge on any atom is 0.472 e. The van der Waals surface area contributed by atoms with E-state index in [1.165, 1.54) is 64.2 Å². The molecule has 0 bridgehead atoms. The molecule has 0 aliphatic heterocycles. The number of carboxylic acids is 1. The van der Waals surface area contributed by atoms with Gasteiger partial charge in [-0.15, -0.1) is 0 Å². The third kappa shape index (κ3) is 33.1. The average molecular weight is 732 g/mol. The highest BCUT2D eigenvalue weighted by atomic mass is 31.2. The number of allylic oxidation sites excluding steroid dienone is 4. The fourth-order valence-electron chi connectivity index (χ4n) is 5.09. The summed E-state index contributed by atoms with van der Waals surface area (Å²) >= 11 is 0. The van der Waals surface area contributed by atoms with Gasteiger partial charge in [0.1, 0.15) is 12.6 Å². The predicted octanol–water partition coefficient (Wildman–Crippen LogP) is 9.50. The van der Waals surface area contributed by atoms with E-state index in [0.29, 0.717) is 12.8 Å². The monoisotopic (exact) mass is 731 g/mol. The highest BCUT2D eigenvalue weighted by Gasteiger charge is 2.28. The van der Waals surface area contributed by atoms with Crippen LogP contribution in [0.5, 0.6) is 0 Å². The van der Waals surface area contributed by atoms with Crippen LogP contribution in [0.1, 0.15) is 168 Å². The Morgan fingerprint density at radius 1 is 0.620 bits per heavy atom. The molecule has 0 spiro atoms. The topological polar surface area (TPSA) is 172 Å². The van der Waals surface area contributed by atoms with Crippen molar-refractivity contribution in [2.45, 2.75) is 180 Å². The molecule has 0 heterocycles. The molecular weight excluding hydrogens is 661 g/mol. The van der Waals surface area contributed by atoms with E-state index in [4.69, 9.17) is 24.8 Å². The summed E-state index contributed by atoms with van der Waals surface area (Å²) in [5.41, 5.74) is 5.31. The minimum Gasteiger partial charge on any atom is -0.480 e. The zero-order valence-electron chi connectivity index (χ0n) is 31.2. The maximum atomic E-state index is 12.5. The summed E-state index contributed by atoms with van der Waals surface area (Å²) in [6, 6.07) is -1.52. The lowest BCUT2D eigenvalue weighted by Gasteiger charge is -2.20. The molecule has 0 radical (unpaired) electrons. The van der Waals surface area contributed by atoms with Gasteiger partial charge in [-0.1, -0.05) is 134 Å². The average Bonchev–Trinajstić information content (AvgIpc) is 3.09. The van der Waals surface area contributed by atoms with Gasteiger partial charge in [0.25, 0.3) is 0 Å². The number of unbranched alkanes of at least 4 members (excludes halogenated alkanes) is 18. The van der Waals surface area contributed by atoms with E-state index in [1.54, 1.807) is 0 Å². The number of phosphoric acid groups is 1. The number of rotatable bonds is 36. The Morgan fingerprint density at radius 3 is 1.60 bits per heavy atom. The van der Waals surface area contributed by atoms with Crippen LogP contribution in [0, 0.1) is 0 Å². The van der Waals surface area contributed by atoms with Crippen molar-refractivity contribution in [1.29, 1.82) is 0 Å². The van der Waals surface area contributed by atoms with Crippen molar-refractivity contribution in [2.24, 2.45) is 5.73 Å². The first-order valence-electron chi connectivity index (χ1n) is 19.4. The molecule has 0 fully saturated rings. The molecule has 0 aromatic rings. The van der Waals surface area contributed by atoms with Gasteiger partial charge in [0, 0.05) is 12.8 Å². The fraction of sp³-hybridized carbons (Fsp3) is 0.816. The van der Waals surface area contributed by atoms with E-state index in [-0.39, 0.29) is 19.4 Å². The van der Waals surface area contributed by atoms with E-state index in [9.17, 15) is 23.8 Å². The summed E-state index contributed by atoms with van der Waals surface area (Å²) in [6.07, 6.45) is 32.5. The van der Waals surface area contributed by atoms with Crippen LogP contribution in [0.4, 0.5) is 0 Å². The van der Waals surface area contributed by atoms with Gasteiger partial charge in [0.05, 0.1) is 13.2 Å². The fourth-order valence-corrected chi connectivity index (χ4v) is 5.87. The SMILES string of the molecule is CCCCCC=CCC=CCCCCCCCC(=O)OCC(COP(=O)(O)OCC(N)C(=O)O)OC(=O)CCCCCCCCCCCCC. The Kier molecular flexibility index (Phi) is 32.7. The maximum absolute atomic E-state index is 12.5. The minimum atomic E-state index is -4.71.